The first kappa shape index (κ1) is 20.7. The van der Waals surface area contributed by atoms with Crippen LogP contribution in [0, 0.1) is 12.7 Å². The number of aryl methyl sites for hydroxylation is 1. The Bertz CT molecular complexity index is 1270. The molecule has 0 bridgehead atoms. The van der Waals surface area contributed by atoms with Crippen molar-refractivity contribution in [1.82, 2.24) is 30.7 Å². The fourth-order valence-electron chi connectivity index (χ4n) is 2.75. The van der Waals surface area contributed by atoms with E-state index in [2.05, 4.69) is 35.8 Å². The van der Waals surface area contributed by atoms with Crippen molar-refractivity contribution in [3.8, 4) is 11.6 Å². The number of nitrogens with one attached hydrogen (secondary N) is 1. The van der Waals surface area contributed by atoms with Crippen LogP contribution in [0.5, 0.6) is 5.75 Å². The van der Waals surface area contributed by atoms with Crippen molar-refractivity contribution in [3.63, 3.8) is 0 Å². The first-order valence-electron chi connectivity index (χ1n) is 9.32. The molecule has 0 spiro atoms. The molecule has 0 radical (unpaired) electrons. The summed E-state index contributed by atoms with van der Waals surface area (Å²) in [5.74, 6) is -0.272. The lowest BCUT2D eigenvalue weighted by molar-refractivity contribution is 0.0946. The number of hydrogen-bond acceptors (Lipinski definition) is 9. The molecule has 3 N–H and O–H groups in total. The van der Waals surface area contributed by atoms with Crippen LogP contribution in [0.25, 0.3) is 5.82 Å². The van der Waals surface area contributed by atoms with E-state index in [0.717, 1.165) is 10.2 Å². The number of hydrogen-bond donors (Lipinski definition) is 2. The number of nitrogens with two attached hydrogens (primary N) is 1. The number of halogens is 1. The van der Waals surface area contributed by atoms with Crippen LogP contribution in [0.2, 0.25) is 0 Å². The van der Waals surface area contributed by atoms with Crippen LogP contribution >= 0.6 is 0 Å². The summed E-state index contributed by atoms with van der Waals surface area (Å²) in [6.07, 6.45) is 1.46. The van der Waals surface area contributed by atoms with Crippen LogP contribution in [0.3, 0.4) is 0 Å². The van der Waals surface area contributed by atoms with Gasteiger partial charge in [0, 0.05) is 0 Å². The summed E-state index contributed by atoms with van der Waals surface area (Å²) in [5, 5.41) is 18.8. The van der Waals surface area contributed by atoms with Crippen molar-refractivity contribution in [2.45, 2.75) is 13.5 Å². The van der Waals surface area contributed by atoms with Crippen LogP contribution in [0.1, 0.15) is 27.3 Å². The normalized spacial score (nSPS) is 11.1. The van der Waals surface area contributed by atoms with Crippen molar-refractivity contribution in [2.75, 3.05) is 5.73 Å². The Kier molecular flexibility index (Phi) is 5.83. The van der Waals surface area contributed by atoms with Crippen LogP contribution < -0.4 is 15.9 Å². The third-order valence-corrected chi connectivity index (χ3v) is 4.31. The molecule has 162 valence electrons. The number of anilines is 1. The third-order valence-electron chi connectivity index (χ3n) is 4.31. The topological polar surface area (TPSA) is 146 Å². The molecular weight excluding hydrogens is 419 g/mol. The molecule has 0 unspecified atom stereocenters. The molecule has 12 heteroatoms. The minimum absolute atomic E-state index is 0.0371. The predicted molar refractivity (Wildman–Crippen MR) is 111 cm³/mol. The zero-order valence-electron chi connectivity index (χ0n) is 16.8. The highest BCUT2D eigenvalue weighted by molar-refractivity contribution is 5.94. The molecule has 0 fully saturated rings. The number of rotatable bonds is 7. The molecule has 0 aliphatic rings. The maximum Gasteiger partial charge on any atom is 0.292 e. The minimum atomic E-state index is -0.574. The monoisotopic (exact) mass is 436 g/mol. The molecule has 2 aromatic carbocycles. The van der Waals surface area contributed by atoms with Crippen molar-refractivity contribution in [3.05, 3.63) is 76.9 Å². The van der Waals surface area contributed by atoms with Gasteiger partial charge in [0.25, 0.3) is 5.91 Å². The van der Waals surface area contributed by atoms with Crippen LogP contribution in [0.15, 0.2) is 58.3 Å². The second-order valence-corrected chi connectivity index (χ2v) is 6.60. The summed E-state index contributed by atoms with van der Waals surface area (Å²) >= 11 is 0. The Morgan fingerprint density at radius 1 is 1.28 bits per heavy atom. The average Bonchev–Trinajstić information content (AvgIpc) is 3.38. The smallest absolute Gasteiger partial charge is 0.292 e. The molecule has 1 amide bonds. The van der Waals surface area contributed by atoms with E-state index in [0.29, 0.717) is 17.0 Å². The van der Waals surface area contributed by atoms with Gasteiger partial charge in [-0.3, -0.25) is 4.79 Å². The Hall–Kier alpha value is -4.61. The van der Waals surface area contributed by atoms with E-state index < -0.39 is 5.91 Å². The van der Waals surface area contributed by atoms with Gasteiger partial charge in [-0.2, -0.15) is 9.78 Å². The van der Waals surface area contributed by atoms with Gasteiger partial charge in [0.2, 0.25) is 11.6 Å². The van der Waals surface area contributed by atoms with Gasteiger partial charge in [0.1, 0.15) is 18.2 Å². The fraction of sp³-hybridized carbons (Fsp3) is 0.100. The highest BCUT2D eigenvalue weighted by Gasteiger charge is 2.22. The Morgan fingerprint density at radius 2 is 2.09 bits per heavy atom. The lowest BCUT2D eigenvalue weighted by Gasteiger charge is -2.07. The van der Waals surface area contributed by atoms with E-state index >= 15 is 0 Å². The first-order valence-corrected chi connectivity index (χ1v) is 9.32. The molecule has 0 aliphatic carbocycles. The van der Waals surface area contributed by atoms with Gasteiger partial charge in [-0.1, -0.05) is 29.5 Å². The molecule has 0 atom stereocenters. The van der Waals surface area contributed by atoms with Crippen molar-refractivity contribution < 1.29 is 18.6 Å². The van der Waals surface area contributed by atoms with Crippen molar-refractivity contribution >= 4 is 17.9 Å². The summed E-state index contributed by atoms with van der Waals surface area (Å²) < 4.78 is 24.4. The van der Waals surface area contributed by atoms with Gasteiger partial charge >= 0.3 is 0 Å². The van der Waals surface area contributed by atoms with E-state index in [1.807, 2.05) is 0 Å². The summed E-state index contributed by atoms with van der Waals surface area (Å²) in [7, 11) is 0. The molecule has 0 aliphatic heterocycles. The molecule has 2 aromatic heterocycles. The molecular formula is C20H17FN8O3. The number of nitrogens with zero attached hydrogens (tertiary/aromatic N) is 6. The summed E-state index contributed by atoms with van der Waals surface area (Å²) in [5.41, 5.74) is 10.0. The zero-order valence-corrected chi connectivity index (χ0v) is 16.8. The van der Waals surface area contributed by atoms with E-state index in [-0.39, 0.29) is 29.8 Å². The van der Waals surface area contributed by atoms with Crippen LogP contribution in [0.4, 0.5) is 10.2 Å². The minimum Gasteiger partial charge on any atom is -0.489 e. The number of benzene rings is 2. The fourth-order valence-corrected chi connectivity index (χ4v) is 2.75. The molecule has 4 rings (SSSR count). The second-order valence-electron chi connectivity index (χ2n) is 6.60. The molecule has 0 saturated heterocycles. The standard InChI is InChI=1S/C20H17FN8O3/c1-12-17(29(28-24-12)19-18(22)26-32-27-19)20(30)25-23-10-14-3-2-4-16(9-14)31-11-13-5-7-15(21)8-6-13/h2-10H,11H2,1H3,(H2,22,26)(H,25,30). The summed E-state index contributed by atoms with van der Waals surface area (Å²) in [4.78, 5) is 12.6. The van der Waals surface area contributed by atoms with Gasteiger partial charge in [0.05, 0.1) is 11.9 Å². The first-order chi connectivity index (χ1) is 15.5. The number of nitrogen functional groups attached to an aromatic ring is 1. The van der Waals surface area contributed by atoms with E-state index in [9.17, 15) is 9.18 Å². The Morgan fingerprint density at radius 3 is 2.84 bits per heavy atom. The summed E-state index contributed by atoms with van der Waals surface area (Å²) in [6.45, 7) is 1.89. The van der Waals surface area contributed by atoms with Crippen molar-refractivity contribution in [2.24, 2.45) is 5.10 Å². The molecule has 32 heavy (non-hydrogen) atoms. The zero-order chi connectivity index (χ0) is 22.5. The maximum atomic E-state index is 13.0. The molecule has 0 saturated carbocycles. The lowest BCUT2D eigenvalue weighted by Crippen LogP contribution is -2.22. The molecule has 11 nitrogen and oxygen atoms in total. The number of carbonyl (C=O) groups excluding carboxylic acids is 1. The SMILES string of the molecule is Cc1nnn(-c2nonc2N)c1C(=O)NN=Cc1cccc(OCc2ccc(F)cc2)c1. The van der Waals surface area contributed by atoms with Gasteiger partial charge < -0.3 is 10.5 Å². The van der Waals surface area contributed by atoms with Gasteiger partial charge in [-0.25, -0.2) is 14.4 Å². The predicted octanol–water partition coefficient (Wildman–Crippen LogP) is 2.02. The molecule has 2 heterocycles. The average molecular weight is 436 g/mol. The van der Waals surface area contributed by atoms with Crippen LogP contribution in [-0.2, 0) is 6.61 Å². The third kappa shape index (κ3) is 4.59. The second kappa shape index (κ2) is 9.04. The highest BCUT2D eigenvalue weighted by Crippen LogP contribution is 2.16. The largest absolute Gasteiger partial charge is 0.489 e. The highest BCUT2D eigenvalue weighted by atomic mass is 19.1. The maximum absolute atomic E-state index is 13.0. The lowest BCUT2D eigenvalue weighted by atomic mass is 10.2. The number of aromatic nitrogens is 5. The van der Waals surface area contributed by atoms with E-state index in [1.54, 1.807) is 43.3 Å². The van der Waals surface area contributed by atoms with Crippen molar-refractivity contribution in [1.29, 1.82) is 0 Å². The molecule has 4 aromatic rings. The van der Waals surface area contributed by atoms with E-state index in [4.69, 9.17) is 10.5 Å². The Balaban J connectivity index is 1.41. The number of hydrazone groups is 1. The number of ether oxygens (including phenoxy) is 1. The number of carbonyl (C=O) groups is 1. The van der Waals surface area contributed by atoms with Crippen LogP contribution in [-0.4, -0.2) is 37.4 Å². The Labute approximate surface area is 180 Å². The number of amides is 1. The van der Waals surface area contributed by atoms with Gasteiger partial charge in [-0.15, -0.1) is 5.10 Å². The summed E-state index contributed by atoms with van der Waals surface area (Å²) in [6, 6.07) is 13.2. The quantitative estimate of drug-likeness (QED) is 0.330. The van der Waals surface area contributed by atoms with Gasteiger partial charge in [0.15, 0.2) is 5.69 Å². The van der Waals surface area contributed by atoms with Gasteiger partial charge in [-0.05, 0) is 52.6 Å². The van der Waals surface area contributed by atoms with E-state index in [1.165, 1.54) is 18.3 Å².